The molecule has 1 amide bonds. The molecule has 4 nitrogen and oxygen atoms in total. The highest BCUT2D eigenvalue weighted by molar-refractivity contribution is 5.80. The summed E-state index contributed by atoms with van der Waals surface area (Å²) in [5.41, 5.74) is 6.15. The van der Waals surface area contributed by atoms with Crippen LogP contribution in [0.1, 0.15) is 26.2 Å². The molecule has 2 aliphatic carbocycles. The second kappa shape index (κ2) is 5.36. The van der Waals surface area contributed by atoms with Crippen LogP contribution in [0.4, 0.5) is 0 Å². The van der Waals surface area contributed by atoms with Gasteiger partial charge in [-0.1, -0.05) is 6.92 Å². The molecule has 4 unspecified atom stereocenters. The van der Waals surface area contributed by atoms with E-state index < -0.39 is 0 Å². The van der Waals surface area contributed by atoms with Crippen LogP contribution in [0.25, 0.3) is 0 Å². The molecule has 0 aromatic rings. The van der Waals surface area contributed by atoms with Crippen LogP contribution in [0.3, 0.4) is 0 Å². The van der Waals surface area contributed by atoms with Gasteiger partial charge in [0.2, 0.25) is 5.91 Å². The first-order chi connectivity index (χ1) is 8.13. The van der Waals surface area contributed by atoms with E-state index in [0.717, 1.165) is 19.6 Å². The Kier molecular flexibility index (Phi) is 4.05. The maximum absolute atomic E-state index is 12.1. The molecule has 2 rings (SSSR count). The summed E-state index contributed by atoms with van der Waals surface area (Å²) in [7, 11) is 2.06. The Balaban J connectivity index is 1.77. The number of nitrogens with zero attached hydrogens (tertiary/aromatic N) is 1. The second-order valence-corrected chi connectivity index (χ2v) is 5.62. The number of fused-ring (bicyclic) bond motifs is 2. The molecule has 2 saturated carbocycles. The van der Waals surface area contributed by atoms with E-state index in [1.807, 2.05) is 0 Å². The van der Waals surface area contributed by atoms with E-state index in [4.69, 9.17) is 5.73 Å². The van der Waals surface area contributed by atoms with Crippen molar-refractivity contribution in [2.24, 2.45) is 23.5 Å². The van der Waals surface area contributed by atoms with Crippen molar-refractivity contribution in [3.05, 3.63) is 0 Å². The lowest BCUT2D eigenvalue weighted by atomic mass is 9.84. The number of hydrogen-bond acceptors (Lipinski definition) is 3. The van der Waals surface area contributed by atoms with Crippen LogP contribution < -0.4 is 11.1 Å². The van der Waals surface area contributed by atoms with Crippen molar-refractivity contribution in [1.82, 2.24) is 10.2 Å². The van der Waals surface area contributed by atoms with Crippen molar-refractivity contribution < 1.29 is 4.79 Å². The predicted molar refractivity (Wildman–Crippen MR) is 68.5 cm³/mol. The maximum atomic E-state index is 12.1. The average Bonchev–Trinajstić information content (AvgIpc) is 2.88. The molecule has 2 bridgehead atoms. The number of likely N-dealkylation sites (N-methyl/N-ethyl adjacent to an activating group) is 1. The second-order valence-electron chi connectivity index (χ2n) is 5.62. The molecule has 0 aromatic heterocycles. The summed E-state index contributed by atoms with van der Waals surface area (Å²) in [6, 6.07) is 0.109. The molecule has 2 fully saturated rings. The molecule has 4 heteroatoms. The molecule has 17 heavy (non-hydrogen) atoms. The predicted octanol–water partition coefficient (Wildman–Crippen LogP) is 0.428. The van der Waals surface area contributed by atoms with E-state index >= 15 is 0 Å². The minimum atomic E-state index is 0.0840. The molecule has 0 saturated heterocycles. The number of hydrogen-bond donors (Lipinski definition) is 2. The maximum Gasteiger partial charge on any atom is 0.225 e. The summed E-state index contributed by atoms with van der Waals surface area (Å²) in [5, 5.41) is 3.04. The first kappa shape index (κ1) is 12.8. The normalized spacial score (nSPS) is 35.5. The number of nitrogens with one attached hydrogen (secondary N) is 1. The summed E-state index contributed by atoms with van der Waals surface area (Å²) in [6.45, 7) is 4.79. The van der Waals surface area contributed by atoms with Crippen LogP contribution >= 0.6 is 0 Å². The molecule has 0 spiro atoms. The van der Waals surface area contributed by atoms with Crippen molar-refractivity contribution in [3.8, 4) is 0 Å². The van der Waals surface area contributed by atoms with Crippen LogP contribution in [0, 0.1) is 17.8 Å². The highest BCUT2D eigenvalue weighted by Crippen LogP contribution is 2.47. The lowest BCUT2D eigenvalue weighted by molar-refractivity contribution is -0.127. The van der Waals surface area contributed by atoms with Crippen LogP contribution in [0.15, 0.2) is 0 Å². The fraction of sp³-hybridized carbons (Fsp3) is 0.923. The van der Waals surface area contributed by atoms with E-state index in [-0.39, 0.29) is 17.9 Å². The van der Waals surface area contributed by atoms with Crippen LogP contribution in [0.2, 0.25) is 0 Å². The molecule has 0 aliphatic heterocycles. The number of nitrogens with two attached hydrogens (primary N) is 1. The van der Waals surface area contributed by atoms with Crippen molar-refractivity contribution in [2.75, 3.05) is 26.7 Å². The Morgan fingerprint density at radius 1 is 1.41 bits per heavy atom. The van der Waals surface area contributed by atoms with Gasteiger partial charge in [0.15, 0.2) is 0 Å². The Labute approximate surface area is 104 Å². The Morgan fingerprint density at radius 2 is 2.12 bits per heavy atom. The molecule has 2 aliphatic rings. The minimum absolute atomic E-state index is 0.0840. The first-order valence-corrected chi connectivity index (χ1v) is 6.85. The van der Waals surface area contributed by atoms with E-state index in [1.54, 1.807) is 0 Å². The third-order valence-corrected chi connectivity index (χ3v) is 4.62. The number of carbonyl (C=O) groups excluding carboxylic acids is 1. The smallest absolute Gasteiger partial charge is 0.225 e. The quantitative estimate of drug-likeness (QED) is 0.731. The molecule has 0 aromatic carbocycles. The monoisotopic (exact) mass is 239 g/mol. The van der Waals surface area contributed by atoms with Gasteiger partial charge in [-0.2, -0.15) is 0 Å². The van der Waals surface area contributed by atoms with Gasteiger partial charge in [-0.15, -0.1) is 0 Å². The van der Waals surface area contributed by atoms with Crippen LogP contribution in [-0.2, 0) is 4.79 Å². The van der Waals surface area contributed by atoms with Crippen LogP contribution in [-0.4, -0.2) is 43.5 Å². The minimum Gasteiger partial charge on any atom is -0.355 e. The standard InChI is InChI=1S/C13H25N3O/c1-3-16(2)7-6-15-13(17)11-9-4-5-10(8-9)12(11)14/h9-12H,3-8,14H2,1-2H3,(H,15,17). The summed E-state index contributed by atoms with van der Waals surface area (Å²) < 4.78 is 0. The lowest BCUT2D eigenvalue weighted by Crippen LogP contribution is -2.46. The van der Waals surface area contributed by atoms with Gasteiger partial charge in [-0.05, 0) is 44.7 Å². The number of carbonyl (C=O) groups is 1. The zero-order valence-electron chi connectivity index (χ0n) is 11.0. The Bertz CT molecular complexity index is 280. The first-order valence-electron chi connectivity index (χ1n) is 6.85. The van der Waals surface area contributed by atoms with Gasteiger partial charge in [0.1, 0.15) is 0 Å². The van der Waals surface area contributed by atoms with E-state index in [9.17, 15) is 4.79 Å². The molecule has 0 radical (unpaired) electrons. The van der Waals surface area contributed by atoms with Gasteiger partial charge in [-0.3, -0.25) is 4.79 Å². The van der Waals surface area contributed by atoms with Gasteiger partial charge in [0, 0.05) is 19.1 Å². The van der Waals surface area contributed by atoms with Crippen molar-refractivity contribution >= 4 is 5.91 Å². The third-order valence-electron chi connectivity index (χ3n) is 4.62. The summed E-state index contributed by atoms with van der Waals surface area (Å²) in [6.07, 6.45) is 3.60. The van der Waals surface area contributed by atoms with Gasteiger partial charge < -0.3 is 16.0 Å². The van der Waals surface area contributed by atoms with Gasteiger partial charge >= 0.3 is 0 Å². The number of amides is 1. The highest BCUT2D eigenvalue weighted by Gasteiger charge is 2.48. The Hall–Kier alpha value is -0.610. The van der Waals surface area contributed by atoms with Gasteiger partial charge in [-0.25, -0.2) is 0 Å². The van der Waals surface area contributed by atoms with E-state index in [1.165, 1.54) is 19.3 Å². The number of rotatable bonds is 5. The average molecular weight is 239 g/mol. The molecular weight excluding hydrogens is 214 g/mol. The fourth-order valence-corrected chi connectivity index (χ4v) is 3.37. The molecule has 4 atom stereocenters. The highest BCUT2D eigenvalue weighted by atomic mass is 16.1. The molecule has 3 N–H and O–H groups in total. The SMILES string of the molecule is CCN(C)CCNC(=O)C1C2CCC(C2)C1N. The zero-order chi connectivity index (χ0) is 12.4. The summed E-state index contributed by atoms with van der Waals surface area (Å²) in [4.78, 5) is 14.3. The topological polar surface area (TPSA) is 58.4 Å². The van der Waals surface area contributed by atoms with Gasteiger partial charge in [0.05, 0.1) is 5.92 Å². The molecule has 0 heterocycles. The largest absolute Gasteiger partial charge is 0.355 e. The van der Waals surface area contributed by atoms with Crippen molar-refractivity contribution in [3.63, 3.8) is 0 Å². The summed E-state index contributed by atoms with van der Waals surface area (Å²) >= 11 is 0. The summed E-state index contributed by atoms with van der Waals surface area (Å²) in [5.74, 6) is 1.43. The Morgan fingerprint density at radius 3 is 2.71 bits per heavy atom. The fourth-order valence-electron chi connectivity index (χ4n) is 3.37. The van der Waals surface area contributed by atoms with Gasteiger partial charge in [0.25, 0.3) is 0 Å². The van der Waals surface area contributed by atoms with Crippen molar-refractivity contribution in [2.45, 2.75) is 32.2 Å². The zero-order valence-corrected chi connectivity index (χ0v) is 11.0. The van der Waals surface area contributed by atoms with Crippen LogP contribution in [0.5, 0.6) is 0 Å². The van der Waals surface area contributed by atoms with E-state index in [2.05, 4.69) is 24.2 Å². The van der Waals surface area contributed by atoms with Crippen molar-refractivity contribution in [1.29, 1.82) is 0 Å². The lowest BCUT2D eigenvalue weighted by Gasteiger charge is -2.27. The third kappa shape index (κ3) is 2.63. The molecule has 98 valence electrons. The van der Waals surface area contributed by atoms with E-state index in [0.29, 0.717) is 11.8 Å². The molecular formula is C13H25N3O.